The Bertz CT molecular complexity index is 648. The van der Waals surface area contributed by atoms with Crippen LogP contribution in [0.15, 0.2) is 22.9 Å². The quantitative estimate of drug-likeness (QED) is 0.753. The maximum absolute atomic E-state index is 11.3. The number of carbonyl (C=O) groups excluding carboxylic acids is 1. The molecule has 4 nitrogen and oxygen atoms in total. The number of rotatable bonds is 3. The first kappa shape index (κ1) is 12.0. The first-order chi connectivity index (χ1) is 9.13. The molecule has 98 valence electrons. The molecule has 1 aromatic carbocycles. The molecule has 19 heavy (non-hydrogen) atoms. The van der Waals surface area contributed by atoms with Gasteiger partial charge in [0.2, 0.25) is 5.91 Å². The molecule has 0 radical (unpaired) electrons. The molecule has 0 atom stereocenters. The van der Waals surface area contributed by atoms with E-state index in [1.807, 2.05) is 12.1 Å². The van der Waals surface area contributed by atoms with E-state index in [2.05, 4.69) is 28.3 Å². The van der Waals surface area contributed by atoms with Gasteiger partial charge in [-0.05, 0) is 46.5 Å². The molecule has 1 aliphatic heterocycles. The molecule has 5 heteroatoms. The lowest BCUT2D eigenvalue weighted by Crippen LogP contribution is -2.04. The van der Waals surface area contributed by atoms with Gasteiger partial charge in [0.25, 0.3) is 0 Å². The summed E-state index contributed by atoms with van der Waals surface area (Å²) in [5.74, 6) is 0.0280. The molecule has 0 aliphatic carbocycles. The van der Waals surface area contributed by atoms with Crippen molar-refractivity contribution in [2.24, 2.45) is 0 Å². The third-order valence-corrected chi connectivity index (χ3v) is 4.24. The minimum atomic E-state index is 0.0280. The highest BCUT2D eigenvalue weighted by Gasteiger charge is 2.19. The molecular weight excluding hydrogens is 258 g/mol. The lowest BCUT2D eigenvalue weighted by atomic mass is 10.1. The van der Waals surface area contributed by atoms with E-state index >= 15 is 0 Å². The van der Waals surface area contributed by atoms with Crippen molar-refractivity contribution in [2.45, 2.75) is 19.9 Å². The van der Waals surface area contributed by atoms with Crippen molar-refractivity contribution in [3.05, 3.63) is 39.6 Å². The van der Waals surface area contributed by atoms with Crippen LogP contribution in [-0.2, 0) is 17.8 Å². The predicted octanol–water partition coefficient (Wildman–Crippen LogP) is 2.75. The molecule has 0 saturated heterocycles. The number of aryl methyl sites for hydroxylation is 1. The first-order valence-corrected chi connectivity index (χ1v) is 7.05. The summed E-state index contributed by atoms with van der Waals surface area (Å²) in [6, 6.07) is 3.79. The van der Waals surface area contributed by atoms with Gasteiger partial charge in [-0.25, -0.2) is 0 Å². The average Bonchev–Trinajstić information content (AvgIpc) is 2.91. The number of amides is 1. The van der Waals surface area contributed by atoms with E-state index in [-0.39, 0.29) is 5.91 Å². The van der Waals surface area contributed by atoms with Gasteiger partial charge in [-0.2, -0.15) is 11.3 Å². The van der Waals surface area contributed by atoms with Gasteiger partial charge >= 0.3 is 0 Å². The van der Waals surface area contributed by atoms with Gasteiger partial charge in [-0.1, -0.05) is 0 Å². The monoisotopic (exact) mass is 273 g/mol. The highest BCUT2D eigenvalue weighted by Crippen LogP contribution is 2.31. The Hall–Kier alpha value is -2.01. The Morgan fingerprint density at radius 2 is 2.26 bits per heavy atom. The molecule has 0 bridgehead atoms. The Balaban J connectivity index is 1.80. The lowest BCUT2D eigenvalue weighted by molar-refractivity contribution is -0.115. The summed E-state index contributed by atoms with van der Waals surface area (Å²) in [5, 5.41) is 10.4. The van der Waals surface area contributed by atoms with Crippen molar-refractivity contribution in [3.63, 3.8) is 0 Å². The summed E-state index contributed by atoms with van der Waals surface area (Å²) in [6.45, 7) is 2.84. The molecule has 0 saturated carbocycles. The van der Waals surface area contributed by atoms with Crippen LogP contribution in [-0.4, -0.2) is 5.91 Å². The zero-order valence-corrected chi connectivity index (χ0v) is 11.4. The van der Waals surface area contributed by atoms with Crippen LogP contribution in [0.3, 0.4) is 0 Å². The second kappa shape index (κ2) is 4.59. The van der Waals surface area contributed by atoms with Crippen LogP contribution in [0.25, 0.3) is 0 Å². The van der Waals surface area contributed by atoms with E-state index in [0.717, 1.165) is 23.5 Å². The molecule has 2 aromatic rings. The van der Waals surface area contributed by atoms with E-state index in [4.69, 9.17) is 5.73 Å². The Morgan fingerprint density at radius 1 is 1.42 bits per heavy atom. The normalized spacial score (nSPS) is 13.2. The van der Waals surface area contributed by atoms with Crippen molar-refractivity contribution >= 4 is 34.3 Å². The maximum Gasteiger partial charge on any atom is 0.228 e. The van der Waals surface area contributed by atoms with Crippen LogP contribution in [0.5, 0.6) is 0 Å². The second-order valence-electron chi connectivity index (χ2n) is 4.76. The van der Waals surface area contributed by atoms with Crippen molar-refractivity contribution in [1.29, 1.82) is 0 Å². The van der Waals surface area contributed by atoms with Crippen molar-refractivity contribution in [3.8, 4) is 0 Å². The average molecular weight is 273 g/mol. The molecule has 1 aromatic heterocycles. The number of thiophene rings is 1. The Morgan fingerprint density at radius 3 is 3.00 bits per heavy atom. The summed E-state index contributed by atoms with van der Waals surface area (Å²) in [4.78, 5) is 11.3. The minimum Gasteiger partial charge on any atom is -0.397 e. The highest BCUT2D eigenvalue weighted by molar-refractivity contribution is 7.08. The Labute approximate surface area is 115 Å². The lowest BCUT2D eigenvalue weighted by Gasteiger charge is -2.11. The molecule has 0 spiro atoms. The smallest absolute Gasteiger partial charge is 0.228 e. The van der Waals surface area contributed by atoms with E-state index < -0.39 is 0 Å². The summed E-state index contributed by atoms with van der Waals surface area (Å²) in [7, 11) is 0. The first-order valence-electron chi connectivity index (χ1n) is 6.11. The summed E-state index contributed by atoms with van der Waals surface area (Å²) in [5.41, 5.74) is 12.0. The molecule has 1 amide bonds. The minimum absolute atomic E-state index is 0.0280. The summed E-state index contributed by atoms with van der Waals surface area (Å²) < 4.78 is 0. The number of fused-ring (bicyclic) bond motifs is 1. The maximum atomic E-state index is 11.3. The van der Waals surface area contributed by atoms with Gasteiger partial charge < -0.3 is 16.4 Å². The third kappa shape index (κ3) is 2.29. The van der Waals surface area contributed by atoms with Gasteiger partial charge in [-0.15, -0.1) is 0 Å². The zero-order chi connectivity index (χ0) is 13.4. The van der Waals surface area contributed by atoms with Crippen LogP contribution < -0.4 is 16.4 Å². The highest BCUT2D eigenvalue weighted by atomic mass is 32.1. The number of anilines is 3. The topological polar surface area (TPSA) is 67.1 Å². The molecular formula is C14H15N3OS. The van der Waals surface area contributed by atoms with Crippen molar-refractivity contribution in [2.75, 3.05) is 16.4 Å². The number of hydrogen-bond donors (Lipinski definition) is 3. The van der Waals surface area contributed by atoms with Crippen LogP contribution in [0.2, 0.25) is 0 Å². The largest absolute Gasteiger partial charge is 0.397 e. The zero-order valence-electron chi connectivity index (χ0n) is 10.6. The summed E-state index contributed by atoms with van der Waals surface area (Å²) in [6.07, 6.45) is 0.420. The fourth-order valence-corrected chi connectivity index (χ4v) is 3.06. The van der Waals surface area contributed by atoms with E-state index in [1.165, 1.54) is 11.1 Å². The fourth-order valence-electron chi connectivity index (χ4n) is 2.21. The Kier molecular flexibility index (Phi) is 2.91. The molecule has 3 rings (SSSR count). The summed E-state index contributed by atoms with van der Waals surface area (Å²) >= 11 is 1.70. The third-order valence-electron chi connectivity index (χ3n) is 3.33. The molecule has 0 fully saturated rings. The van der Waals surface area contributed by atoms with Gasteiger partial charge in [0.05, 0.1) is 17.8 Å². The number of nitrogens with one attached hydrogen (secondary N) is 2. The molecule has 2 heterocycles. The van der Waals surface area contributed by atoms with E-state index in [0.29, 0.717) is 12.1 Å². The SMILES string of the molecule is Cc1cscc1CNc1cc2c(cc1N)CC(=O)N2. The van der Waals surface area contributed by atoms with E-state index in [1.54, 1.807) is 11.3 Å². The van der Waals surface area contributed by atoms with Crippen LogP contribution in [0, 0.1) is 6.92 Å². The van der Waals surface area contributed by atoms with Crippen molar-refractivity contribution < 1.29 is 4.79 Å². The molecule has 1 aliphatic rings. The van der Waals surface area contributed by atoms with Gasteiger partial charge in [0.15, 0.2) is 0 Å². The second-order valence-corrected chi connectivity index (χ2v) is 5.50. The van der Waals surface area contributed by atoms with E-state index in [9.17, 15) is 4.79 Å². The number of hydrogen-bond acceptors (Lipinski definition) is 4. The van der Waals surface area contributed by atoms with Crippen LogP contribution in [0.4, 0.5) is 17.1 Å². The van der Waals surface area contributed by atoms with Crippen LogP contribution in [0.1, 0.15) is 16.7 Å². The van der Waals surface area contributed by atoms with Gasteiger partial charge in [0, 0.05) is 12.2 Å². The number of nitrogens with two attached hydrogens (primary N) is 1. The number of nitrogen functional groups attached to an aromatic ring is 1. The number of carbonyl (C=O) groups is 1. The predicted molar refractivity (Wildman–Crippen MR) is 79.6 cm³/mol. The molecule has 4 N–H and O–H groups in total. The van der Waals surface area contributed by atoms with Crippen molar-refractivity contribution in [1.82, 2.24) is 0 Å². The van der Waals surface area contributed by atoms with Crippen LogP contribution >= 0.6 is 11.3 Å². The number of benzene rings is 1. The van der Waals surface area contributed by atoms with Gasteiger partial charge in [0.1, 0.15) is 0 Å². The standard InChI is InChI=1S/C14H15N3OS/c1-8-6-19-7-10(8)5-16-13-4-12-9(2-11(13)15)3-14(18)17-12/h2,4,6-7,16H,3,5,15H2,1H3,(H,17,18). The van der Waals surface area contributed by atoms with Gasteiger partial charge in [-0.3, -0.25) is 4.79 Å². The molecule has 0 unspecified atom stereocenters. The fraction of sp³-hybridized carbons (Fsp3) is 0.214.